The summed E-state index contributed by atoms with van der Waals surface area (Å²) in [6.45, 7) is 6.49. The molecular formula is C13H19ClN2O2. The molecule has 0 spiro atoms. The van der Waals surface area contributed by atoms with E-state index in [0.717, 1.165) is 12.1 Å². The van der Waals surface area contributed by atoms with Gasteiger partial charge >= 0.3 is 0 Å². The van der Waals surface area contributed by atoms with E-state index in [2.05, 4.69) is 5.32 Å². The van der Waals surface area contributed by atoms with E-state index >= 15 is 0 Å². The first-order valence-electron chi connectivity index (χ1n) is 5.94. The smallest absolute Gasteiger partial charge is 0.258 e. The Bertz CT molecular complexity index is 423. The van der Waals surface area contributed by atoms with Gasteiger partial charge in [-0.2, -0.15) is 0 Å². The number of halogens is 1. The summed E-state index contributed by atoms with van der Waals surface area (Å²) < 4.78 is 5.56. The zero-order valence-electron chi connectivity index (χ0n) is 10.9. The lowest BCUT2D eigenvalue weighted by Crippen LogP contribution is -2.31. The number of hydrogen-bond acceptors (Lipinski definition) is 3. The Kier molecular flexibility index (Phi) is 5.44. The number of hydrogen-bond donors (Lipinski definition) is 2. The van der Waals surface area contributed by atoms with Crippen LogP contribution in [0.5, 0.6) is 5.75 Å². The average molecular weight is 271 g/mol. The van der Waals surface area contributed by atoms with Crippen molar-refractivity contribution in [3.63, 3.8) is 0 Å². The van der Waals surface area contributed by atoms with Crippen molar-refractivity contribution >= 4 is 17.5 Å². The molecule has 2 atom stereocenters. The SMILES string of the molecule is CCNC(C)c1cc(Cl)ccc1OC(C)C(N)=O. The minimum absolute atomic E-state index is 0.0868. The van der Waals surface area contributed by atoms with Crippen molar-refractivity contribution in [2.45, 2.75) is 32.9 Å². The second-order valence-corrected chi connectivity index (χ2v) is 4.56. The largest absolute Gasteiger partial charge is 0.481 e. The van der Waals surface area contributed by atoms with Crippen molar-refractivity contribution in [3.05, 3.63) is 28.8 Å². The molecule has 0 aliphatic heterocycles. The Morgan fingerprint density at radius 2 is 2.17 bits per heavy atom. The molecule has 0 saturated heterocycles. The highest BCUT2D eigenvalue weighted by atomic mass is 35.5. The van der Waals surface area contributed by atoms with E-state index in [9.17, 15) is 4.79 Å². The van der Waals surface area contributed by atoms with Crippen molar-refractivity contribution in [2.75, 3.05) is 6.54 Å². The van der Waals surface area contributed by atoms with Crippen LogP contribution in [0.3, 0.4) is 0 Å². The summed E-state index contributed by atoms with van der Waals surface area (Å²) in [4.78, 5) is 11.0. The van der Waals surface area contributed by atoms with Crippen molar-refractivity contribution < 1.29 is 9.53 Å². The first kappa shape index (κ1) is 14.8. The molecule has 0 heterocycles. The highest BCUT2D eigenvalue weighted by molar-refractivity contribution is 6.30. The van der Waals surface area contributed by atoms with Gasteiger partial charge in [-0.05, 0) is 38.6 Å². The Labute approximate surface area is 112 Å². The number of carbonyl (C=O) groups is 1. The maximum atomic E-state index is 11.0. The number of carbonyl (C=O) groups excluding carboxylic acids is 1. The van der Waals surface area contributed by atoms with E-state index in [-0.39, 0.29) is 6.04 Å². The standard InChI is InChI=1S/C13H19ClN2O2/c1-4-16-8(2)11-7-10(14)5-6-12(11)18-9(3)13(15)17/h5-9,16H,4H2,1-3H3,(H2,15,17). The molecule has 0 aliphatic rings. The fraction of sp³-hybridized carbons (Fsp3) is 0.462. The molecule has 5 heteroatoms. The first-order valence-corrected chi connectivity index (χ1v) is 6.32. The van der Waals surface area contributed by atoms with E-state index in [1.807, 2.05) is 19.9 Å². The summed E-state index contributed by atoms with van der Waals surface area (Å²) >= 11 is 5.99. The molecule has 1 aromatic carbocycles. The molecule has 0 fully saturated rings. The maximum Gasteiger partial charge on any atom is 0.258 e. The predicted octanol–water partition coefficient (Wildman–Crippen LogP) is 2.26. The lowest BCUT2D eigenvalue weighted by Gasteiger charge is -2.20. The van der Waals surface area contributed by atoms with Crippen molar-refractivity contribution in [1.29, 1.82) is 0 Å². The fourth-order valence-corrected chi connectivity index (χ4v) is 1.81. The van der Waals surface area contributed by atoms with Gasteiger partial charge in [0.15, 0.2) is 6.10 Å². The van der Waals surface area contributed by atoms with Crippen LogP contribution in [0.15, 0.2) is 18.2 Å². The molecule has 0 aromatic heterocycles. The highest BCUT2D eigenvalue weighted by Crippen LogP contribution is 2.29. The van der Waals surface area contributed by atoms with Crippen LogP contribution < -0.4 is 15.8 Å². The zero-order valence-corrected chi connectivity index (χ0v) is 11.6. The third-order valence-electron chi connectivity index (χ3n) is 2.65. The second-order valence-electron chi connectivity index (χ2n) is 4.12. The van der Waals surface area contributed by atoms with Gasteiger partial charge in [0.25, 0.3) is 5.91 Å². The Hall–Kier alpha value is -1.26. The van der Waals surface area contributed by atoms with Crippen LogP contribution in [-0.4, -0.2) is 18.6 Å². The van der Waals surface area contributed by atoms with Crippen LogP contribution in [0, 0.1) is 0 Å². The third-order valence-corrected chi connectivity index (χ3v) is 2.89. The van der Waals surface area contributed by atoms with Gasteiger partial charge in [0.2, 0.25) is 0 Å². The van der Waals surface area contributed by atoms with E-state index in [1.54, 1.807) is 19.1 Å². The Balaban J connectivity index is 2.99. The predicted molar refractivity (Wildman–Crippen MR) is 72.8 cm³/mol. The molecule has 1 amide bonds. The number of rotatable bonds is 6. The molecule has 4 nitrogen and oxygen atoms in total. The molecule has 100 valence electrons. The van der Waals surface area contributed by atoms with Gasteiger partial charge < -0.3 is 15.8 Å². The minimum Gasteiger partial charge on any atom is -0.481 e. The van der Waals surface area contributed by atoms with Gasteiger partial charge in [-0.3, -0.25) is 4.79 Å². The van der Waals surface area contributed by atoms with Crippen LogP contribution >= 0.6 is 11.6 Å². The van der Waals surface area contributed by atoms with Crippen LogP contribution in [-0.2, 0) is 4.79 Å². The second kappa shape index (κ2) is 6.61. The monoisotopic (exact) mass is 270 g/mol. The molecule has 2 unspecified atom stereocenters. The first-order chi connectivity index (χ1) is 8.45. The summed E-state index contributed by atoms with van der Waals surface area (Å²) in [6, 6.07) is 5.40. The molecular weight excluding hydrogens is 252 g/mol. The Morgan fingerprint density at radius 1 is 1.50 bits per heavy atom. The number of benzene rings is 1. The maximum absolute atomic E-state index is 11.0. The van der Waals surface area contributed by atoms with Gasteiger partial charge in [-0.1, -0.05) is 18.5 Å². The lowest BCUT2D eigenvalue weighted by atomic mass is 10.1. The topological polar surface area (TPSA) is 64.3 Å². The summed E-state index contributed by atoms with van der Waals surface area (Å²) in [7, 11) is 0. The summed E-state index contributed by atoms with van der Waals surface area (Å²) in [5, 5.41) is 3.91. The van der Waals surface area contributed by atoms with Crippen LogP contribution in [0.2, 0.25) is 5.02 Å². The van der Waals surface area contributed by atoms with Gasteiger partial charge in [0.05, 0.1) is 0 Å². The minimum atomic E-state index is -0.668. The van der Waals surface area contributed by atoms with E-state index in [1.165, 1.54) is 0 Å². The van der Waals surface area contributed by atoms with Crippen molar-refractivity contribution in [2.24, 2.45) is 5.73 Å². The van der Waals surface area contributed by atoms with Crippen LogP contribution in [0.1, 0.15) is 32.4 Å². The lowest BCUT2D eigenvalue weighted by molar-refractivity contribution is -0.124. The fourth-order valence-electron chi connectivity index (χ4n) is 1.63. The zero-order chi connectivity index (χ0) is 13.7. The normalized spacial score (nSPS) is 14.0. The summed E-state index contributed by atoms with van der Waals surface area (Å²) in [6.07, 6.45) is -0.668. The van der Waals surface area contributed by atoms with Crippen LogP contribution in [0.25, 0.3) is 0 Å². The van der Waals surface area contributed by atoms with Gasteiger partial charge in [0.1, 0.15) is 5.75 Å². The number of ether oxygens (including phenoxy) is 1. The Morgan fingerprint density at radius 3 is 2.72 bits per heavy atom. The van der Waals surface area contributed by atoms with Crippen LogP contribution in [0.4, 0.5) is 0 Å². The summed E-state index contributed by atoms with van der Waals surface area (Å²) in [5.74, 6) is 0.131. The van der Waals surface area contributed by atoms with E-state index in [0.29, 0.717) is 10.8 Å². The molecule has 0 bridgehead atoms. The number of amides is 1. The van der Waals surface area contributed by atoms with Gasteiger partial charge in [-0.15, -0.1) is 0 Å². The van der Waals surface area contributed by atoms with Crippen molar-refractivity contribution in [3.8, 4) is 5.75 Å². The number of nitrogens with two attached hydrogens (primary N) is 1. The molecule has 1 aromatic rings. The molecule has 0 aliphatic carbocycles. The highest BCUT2D eigenvalue weighted by Gasteiger charge is 2.16. The molecule has 1 rings (SSSR count). The van der Waals surface area contributed by atoms with Gasteiger partial charge in [0, 0.05) is 16.6 Å². The van der Waals surface area contributed by atoms with E-state index < -0.39 is 12.0 Å². The van der Waals surface area contributed by atoms with Crippen molar-refractivity contribution in [1.82, 2.24) is 5.32 Å². The number of nitrogens with one attached hydrogen (secondary N) is 1. The molecule has 0 saturated carbocycles. The quantitative estimate of drug-likeness (QED) is 0.833. The van der Waals surface area contributed by atoms with E-state index in [4.69, 9.17) is 22.1 Å². The number of primary amides is 1. The third kappa shape index (κ3) is 3.89. The molecule has 3 N–H and O–H groups in total. The molecule has 18 heavy (non-hydrogen) atoms. The van der Waals surface area contributed by atoms with Gasteiger partial charge in [-0.25, -0.2) is 0 Å². The molecule has 0 radical (unpaired) electrons. The summed E-state index contributed by atoms with van der Waals surface area (Å²) in [5.41, 5.74) is 6.11. The average Bonchev–Trinajstić information content (AvgIpc) is 2.31.